The zero-order valence-electron chi connectivity index (χ0n) is 14.6. The van der Waals surface area contributed by atoms with Crippen LogP contribution in [0.1, 0.15) is 31.0 Å². The number of likely N-dealkylation sites (tertiary alicyclic amines) is 1. The zero-order chi connectivity index (χ0) is 18.5. The van der Waals surface area contributed by atoms with E-state index in [-0.39, 0.29) is 29.0 Å². The molecule has 7 nitrogen and oxygen atoms in total. The molecule has 0 bridgehead atoms. The molecule has 5 rings (SSSR count). The number of piperidine rings is 1. The van der Waals surface area contributed by atoms with Gasteiger partial charge < -0.3 is 19.6 Å². The molecule has 3 aromatic rings. The minimum Gasteiger partial charge on any atom is -0.449 e. The maximum atomic E-state index is 12.6. The maximum Gasteiger partial charge on any atom is 0.294 e. The number of hydrogen-bond acceptors (Lipinski definition) is 5. The van der Waals surface area contributed by atoms with Crippen LogP contribution in [0.25, 0.3) is 22.1 Å². The lowest BCUT2D eigenvalue weighted by molar-refractivity contribution is -0.130. The summed E-state index contributed by atoms with van der Waals surface area (Å²) in [6.07, 6.45) is 2.33. The molecule has 4 heterocycles. The summed E-state index contributed by atoms with van der Waals surface area (Å²) < 4.78 is 6.58. The van der Waals surface area contributed by atoms with Crippen LogP contribution in [0.4, 0.5) is 0 Å². The fraction of sp³-hybridized carbons (Fsp3) is 0.421. The fourth-order valence-corrected chi connectivity index (χ4v) is 4.58. The van der Waals surface area contributed by atoms with Crippen molar-refractivity contribution in [2.75, 3.05) is 19.6 Å². The number of rotatable bonds is 2. The molecular formula is C19H19BrN4O3. The normalized spacial score (nSPS) is 21.6. The Bertz CT molecular complexity index is 1100. The number of aromatic amines is 1. The molecule has 8 heteroatoms. The number of aromatic nitrogens is 2. The molecule has 1 atom stereocenters. The van der Waals surface area contributed by atoms with Gasteiger partial charge in [0.2, 0.25) is 11.5 Å². The molecule has 140 valence electrons. The van der Waals surface area contributed by atoms with Crippen molar-refractivity contribution in [1.82, 2.24) is 20.2 Å². The van der Waals surface area contributed by atoms with Gasteiger partial charge in [-0.05, 0) is 44.1 Å². The Morgan fingerprint density at radius 3 is 2.85 bits per heavy atom. The predicted octanol–water partition coefficient (Wildman–Crippen LogP) is 2.50. The number of nitrogens with zero attached hydrogens (tertiary/aromatic N) is 2. The van der Waals surface area contributed by atoms with Crippen LogP contribution >= 0.6 is 15.9 Å². The van der Waals surface area contributed by atoms with E-state index in [1.807, 2.05) is 23.1 Å². The van der Waals surface area contributed by atoms with Gasteiger partial charge in [-0.15, -0.1) is 0 Å². The predicted molar refractivity (Wildman–Crippen MR) is 105 cm³/mol. The summed E-state index contributed by atoms with van der Waals surface area (Å²) in [7, 11) is 0. The van der Waals surface area contributed by atoms with Gasteiger partial charge in [0, 0.05) is 34.8 Å². The molecule has 27 heavy (non-hydrogen) atoms. The first-order valence-electron chi connectivity index (χ1n) is 9.22. The van der Waals surface area contributed by atoms with E-state index in [1.54, 1.807) is 0 Å². The molecule has 2 fully saturated rings. The molecule has 1 unspecified atom stereocenters. The van der Waals surface area contributed by atoms with Crippen molar-refractivity contribution in [3.8, 4) is 0 Å². The number of amides is 1. The molecule has 2 aromatic heterocycles. The Hall–Kier alpha value is -2.19. The van der Waals surface area contributed by atoms with Gasteiger partial charge in [-0.2, -0.15) is 0 Å². The average molecular weight is 431 g/mol. The lowest BCUT2D eigenvalue weighted by Gasteiger charge is -2.31. The van der Waals surface area contributed by atoms with E-state index in [4.69, 9.17) is 9.40 Å². The van der Waals surface area contributed by atoms with Gasteiger partial charge in [0.25, 0.3) is 5.56 Å². The number of nitrogens with one attached hydrogen (secondary N) is 2. The van der Waals surface area contributed by atoms with Crippen molar-refractivity contribution in [2.45, 2.75) is 31.2 Å². The number of halogens is 1. The van der Waals surface area contributed by atoms with Crippen molar-refractivity contribution in [1.29, 1.82) is 0 Å². The van der Waals surface area contributed by atoms with E-state index in [0.29, 0.717) is 29.9 Å². The van der Waals surface area contributed by atoms with Crippen LogP contribution in [0.3, 0.4) is 0 Å². The summed E-state index contributed by atoms with van der Waals surface area (Å²) in [6.45, 7) is 2.49. The smallest absolute Gasteiger partial charge is 0.294 e. The lowest BCUT2D eigenvalue weighted by atomic mass is 10.1. The monoisotopic (exact) mass is 430 g/mol. The summed E-state index contributed by atoms with van der Waals surface area (Å²) in [6, 6.07) is 5.87. The van der Waals surface area contributed by atoms with E-state index in [9.17, 15) is 9.59 Å². The third kappa shape index (κ3) is 2.87. The van der Waals surface area contributed by atoms with Gasteiger partial charge in [0.15, 0.2) is 0 Å². The molecule has 1 aromatic carbocycles. The summed E-state index contributed by atoms with van der Waals surface area (Å²) in [4.78, 5) is 34.7. The molecule has 0 saturated carbocycles. The number of hydrogen-bond donors (Lipinski definition) is 2. The number of furan rings is 1. The Kier molecular flexibility index (Phi) is 4.05. The molecule has 0 spiro atoms. The van der Waals surface area contributed by atoms with Crippen LogP contribution in [0.5, 0.6) is 0 Å². The third-order valence-electron chi connectivity index (χ3n) is 5.60. The Morgan fingerprint density at radius 2 is 2.04 bits per heavy atom. The first-order chi connectivity index (χ1) is 13.1. The van der Waals surface area contributed by atoms with Crippen molar-refractivity contribution in [3.63, 3.8) is 0 Å². The molecule has 2 aliphatic heterocycles. The van der Waals surface area contributed by atoms with Crippen molar-refractivity contribution < 1.29 is 9.21 Å². The van der Waals surface area contributed by atoms with Crippen LogP contribution < -0.4 is 10.9 Å². The Morgan fingerprint density at radius 1 is 1.22 bits per heavy atom. The minimum atomic E-state index is -0.296. The van der Waals surface area contributed by atoms with Crippen LogP contribution in [0.2, 0.25) is 0 Å². The van der Waals surface area contributed by atoms with E-state index in [1.165, 1.54) is 0 Å². The minimum absolute atomic E-state index is 0.0958. The third-order valence-corrected chi connectivity index (χ3v) is 6.09. The molecule has 2 saturated heterocycles. The summed E-state index contributed by atoms with van der Waals surface area (Å²) in [5.41, 5.74) is 1.11. The second-order valence-corrected chi connectivity index (χ2v) is 8.22. The summed E-state index contributed by atoms with van der Waals surface area (Å²) in [5.74, 6) is 0.621. The van der Waals surface area contributed by atoms with Gasteiger partial charge in [0.1, 0.15) is 16.9 Å². The number of carbonyl (C=O) groups excluding carboxylic acids is 1. The fourth-order valence-electron chi connectivity index (χ4n) is 4.22. The van der Waals surface area contributed by atoms with Crippen molar-refractivity contribution in [3.05, 3.63) is 38.9 Å². The van der Waals surface area contributed by atoms with E-state index in [2.05, 4.69) is 26.2 Å². The number of fused-ring (bicyclic) bond motifs is 3. The van der Waals surface area contributed by atoms with Crippen molar-refractivity contribution in [2.24, 2.45) is 0 Å². The molecule has 2 aliphatic rings. The first-order valence-corrected chi connectivity index (χ1v) is 10.0. The van der Waals surface area contributed by atoms with Crippen molar-refractivity contribution >= 4 is 43.9 Å². The Balaban J connectivity index is 1.53. The SMILES string of the molecule is O=C1CC(c2nc3c(oc4ccc(Br)cc43)c(=O)[nH]2)CN1C1CCNCC1. The largest absolute Gasteiger partial charge is 0.449 e. The van der Waals surface area contributed by atoms with Gasteiger partial charge in [0.05, 0.1) is 0 Å². The first kappa shape index (κ1) is 16.9. The van der Waals surface area contributed by atoms with Gasteiger partial charge in [-0.25, -0.2) is 4.98 Å². The van der Waals surface area contributed by atoms with E-state index >= 15 is 0 Å². The highest BCUT2D eigenvalue weighted by Crippen LogP contribution is 2.32. The standard InChI is InChI=1S/C19H19BrN4O3/c20-11-1-2-14-13(8-11)16-17(27-14)19(26)23-18(22-16)10-7-15(25)24(9-10)12-3-5-21-6-4-12/h1-2,8,10,12,21H,3-7,9H2,(H,22,23,26). The van der Waals surface area contributed by atoms with Crippen LogP contribution in [0.15, 0.2) is 31.9 Å². The van der Waals surface area contributed by atoms with E-state index in [0.717, 1.165) is 35.8 Å². The number of benzene rings is 1. The van der Waals surface area contributed by atoms with Crippen LogP contribution in [-0.2, 0) is 4.79 Å². The number of H-pyrrole nitrogens is 1. The topological polar surface area (TPSA) is 91.2 Å². The molecule has 0 aliphatic carbocycles. The second-order valence-electron chi connectivity index (χ2n) is 7.30. The van der Waals surface area contributed by atoms with Gasteiger partial charge in [-0.3, -0.25) is 9.59 Å². The summed E-state index contributed by atoms with van der Waals surface area (Å²) in [5, 5.41) is 4.13. The second kappa shape index (κ2) is 6.45. The highest BCUT2D eigenvalue weighted by molar-refractivity contribution is 9.10. The highest BCUT2D eigenvalue weighted by Gasteiger charge is 2.37. The quantitative estimate of drug-likeness (QED) is 0.651. The highest BCUT2D eigenvalue weighted by atomic mass is 79.9. The maximum absolute atomic E-state index is 12.6. The average Bonchev–Trinajstić information content (AvgIpc) is 3.23. The molecule has 2 N–H and O–H groups in total. The zero-order valence-corrected chi connectivity index (χ0v) is 16.2. The Labute approximate surface area is 163 Å². The van der Waals surface area contributed by atoms with Crippen LogP contribution in [0, 0.1) is 0 Å². The summed E-state index contributed by atoms with van der Waals surface area (Å²) >= 11 is 3.45. The van der Waals surface area contributed by atoms with Gasteiger partial charge >= 0.3 is 0 Å². The lowest BCUT2D eigenvalue weighted by Crippen LogP contribution is -2.43. The van der Waals surface area contributed by atoms with E-state index < -0.39 is 0 Å². The number of carbonyl (C=O) groups is 1. The molecule has 0 radical (unpaired) electrons. The van der Waals surface area contributed by atoms with Gasteiger partial charge in [-0.1, -0.05) is 15.9 Å². The molecular weight excluding hydrogens is 412 g/mol. The van der Waals surface area contributed by atoms with Crippen LogP contribution in [-0.4, -0.2) is 46.5 Å². The molecule has 1 amide bonds.